The molecule has 3 nitrogen and oxygen atoms in total. The van der Waals surface area contributed by atoms with E-state index in [0.717, 1.165) is 18.7 Å². The van der Waals surface area contributed by atoms with Crippen LogP contribution >= 0.6 is 0 Å². The van der Waals surface area contributed by atoms with Crippen molar-refractivity contribution < 1.29 is 4.79 Å². The van der Waals surface area contributed by atoms with Gasteiger partial charge in [-0.1, -0.05) is 63.9 Å². The highest BCUT2D eigenvalue weighted by Crippen LogP contribution is 2.21. The van der Waals surface area contributed by atoms with Crippen molar-refractivity contribution in [3.8, 4) is 0 Å². The lowest BCUT2D eigenvalue weighted by Gasteiger charge is -2.24. The third kappa shape index (κ3) is 7.87. The predicted octanol–water partition coefficient (Wildman–Crippen LogP) is 4.01. The number of allylic oxidation sites excluding steroid dienone is 1. The summed E-state index contributed by atoms with van der Waals surface area (Å²) in [5, 5.41) is 6.27. The second-order valence-electron chi connectivity index (χ2n) is 6.65. The molecular weight excluding hydrogens is 272 g/mol. The Morgan fingerprint density at radius 2 is 1.86 bits per heavy atom. The van der Waals surface area contributed by atoms with Gasteiger partial charge in [0.25, 0.3) is 0 Å². The molecule has 0 fully saturated rings. The average Bonchev–Trinajstić information content (AvgIpc) is 2.50. The first-order chi connectivity index (χ1) is 10.4. The predicted molar refractivity (Wildman–Crippen MR) is 93.4 cm³/mol. The first kappa shape index (κ1) is 18.3. The lowest BCUT2D eigenvalue weighted by Crippen LogP contribution is -2.33. The van der Waals surface area contributed by atoms with E-state index in [0.29, 0.717) is 6.54 Å². The molecule has 0 aliphatic rings. The SMILES string of the molecule is CCCCC(C)(C)CNC(=O)/C=C(/C)NCc1ccccc1. The van der Waals surface area contributed by atoms with Crippen LogP contribution in [0.4, 0.5) is 0 Å². The van der Waals surface area contributed by atoms with Crippen molar-refractivity contribution in [2.24, 2.45) is 5.41 Å². The Labute approximate surface area is 135 Å². The maximum atomic E-state index is 12.0. The van der Waals surface area contributed by atoms with E-state index < -0.39 is 0 Å². The topological polar surface area (TPSA) is 41.1 Å². The Morgan fingerprint density at radius 1 is 1.18 bits per heavy atom. The molecule has 0 aliphatic heterocycles. The molecule has 2 N–H and O–H groups in total. The normalized spacial score (nSPS) is 12.1. The van der Waals surface area contributed by atoms with Crippen LogP contribution in [0, 0.1) is 5.41 Å². The molecule has 22 heavy (non-hydrogen) atoms. The van der Waals surface area contributed by atoms with Crippen LogP contribution in [0.2, 0.25) is 0 Å². The zero-order valence-corrected chi connectivity index (χ0v) is 14.4. The number of carbonyl (C=O) groups excluding carboxylic acids is 1. The Morgan fingerprint density at radius 3 is 2.50 bits per heavy atom. The molecule has 1 aromatic rings. The van der Waals surface area contributed by atoms with Gasteiger partial charge in [0.15, 0.2) is 0 Å². The Hall–Kier alpha value is -1.77. The third-order valence-corrected chi connectivity index (χ3v) is 3.71. The van der Waals surface area contributed by atoms with Gasteiger partial charge in [-0.05, 0) is 24.3 Å². The van der Waals surface area contributed by atoms with Crippen LogP contribution in [-0.4, -0.2) is 12.5 Å². The van der Waals surface area contributed by atoms with Crippen molar-refractivity contribution >= 4 is 5.91 Å². The van der Waals surface area contributed by atoms with Crippen molar-refractivity contribution in [2.45, 2.75) is 53.5 Å². The molecule has 3 heteroatoms. The molecule has 0 saturated heterocycles. The standard InChI is InChI=1S/C19H30N2O/c1-5-6-12-19(3,4)15-21-18(22)13-16(2)20-14-17-10-8-7-9-11-17/h7-11,13,20H,5-6,12,14-15H2,1-4H3,(H,21,22)/b16-13-. The number of rotatable bonds is 9. The van der Waals surface area contributed by atoms with Crippen molar-refractivity contribution in [3.63, 3.8) is 0 Å². The zero-order chi connectivity index (χ0) is 16.4. The summed E-state index contributed by atoms with van der Waals surface area (Å²) in [7, 11) is 0. The minimum Gasteiger partial charge on any atom is -0.384 e. The summed E-state index contributed by atoms with van der Waals surface area (Å²) in [5.41, 5.74) is 2.24. The highest BCUT2D eigenvalue weighted by atomic mass is 16.1. The number of nitrogens with one attached hydrogen (secondary N) is 2. The Bertz CT molecular complexity index is 477. The van der Waals surface area contributed by atoms with Crippen LogP contribution in [0.5, 0.6) is 0 Å². The summed E-state index contributed by atoms with van der Waals surface area (Å²) < 4.78 is 0. The molecule has 0 unspecified atom stereocenters. The quantitative estimate of drug-likeness (QED) is 0.677. The fraction of sp³-hybridized carbons (Fsp3) is 0.526. The number of benzene rings is 1. The van der Waals surface area contributed by atoms with Crippen molar-refractivity contribution in [2.75, 3.05) is 6.54 Å². The average molecular weight is 302 g/mol. The molecule has 1 amide bonds. The maximum absolute atomic E-state index is 12.0. The van der Waals surface area contributed by atoms with E-state index in [2.05, 4.69) is 43.5 Å². The van der Waals surface area contributed by atoms with E-state index in [-0.39, 0.29) is 11.3 Å². The van der Waals surface area contributed by atoms with Crippen molar-refractivity contribution in [1.29, 1.82) is 0 Å². The van der Waals surface area contributed by atoms with Gasteiger partial charge in [0.2, 0.25) is 5.91 Å². The van der Waals surface area contributed by atoms with Crippen LogP contribution in [0.3, 0.4) is 0 Å². The van der Waals surface area contributed by atoms with E-state index in [9.17, 15) is 4.79 Å². The van der Waals surface area contributed by atoms with Gasteiger partial charge in [0.1, 0.15) is 0 Å². The van der Waals surface area contributed by atoms with Gasteiger partial charge in [-0.25, -0.2) is 0 Å². The van der Waals surface area contributed by atoms with Gasteiger partial charge in [-0.3, -0.25) is 4.79 Å². The largest absolute Gasteiger partial charge is 0.384 e. The summed E-state index contributed by atoms with van der Waals surface area (Å²) >= 11 is 0. The van der Waals surface area contributed by atoms with Crippen LogP contribution < -0.4 is 10.6 Å². The lowest BCUT2D eigenvalue weighted by atomic mass is 9.87. The minimum atomic E-state index is -0.0253. The van der Waals surface area contributed by atoms with Crippen molar-refractivity contribution in [1.82, 2.24) is 10.6 Å². The summed E-state index contributed by atoms with van der Waals surface area (Å²) in [6, 6.07) is 10.2. The second-order valence-corrected chi connectivity index (χ2v) is 6.65. The second kappa shape index (κ2) is 9.29. The van der Waals surface area contributed by atoms with Gasteiger partial charge in [-0.2, -0.15) is 0 Å². The molecule has 0 radical (unpaired) electrons. The van der Waals surface area contributed by atoms with Crippen LogP contribution in [0.15, 0.2) is 42.1 Å². The van der Waals surface area contributed by atoms with Gasteiger partial charge < -0.3 is 10.6 Å². The molecule has 122 valence electrons. The molecule has 0 aromatic heterocycles. The number of hydrogen-bond acceptors (Lipinski definition) is 2. The highest BCUT2D eigenvalue weighted by molar-refractivity contribution is 5.88. The van der Waals surface area contributed by atoms with Crippen LogP contribution in [0.1, 0.15) is 52.5 Å². The summed E-state index contributed by atoms with van der Waals surface area (Å²) in [5.74, 6) is -0.0253. The maximum Gasteiger partial charge on any atom is 0.245 e. The number of hydrogen-bond donors (Lipinski definition) is 2. The number of amides is 1. The Kier molecular flexibility index (Phi) is 7.72. The number of unbranched alkanes of at least 4 members (excludes halogenated alkanes) is 1. The molecular formula is C19H30N2O. The Balaban J connectivity index is 2.35. The molecule has 1 aromatic carbocycles. The van der Waals surface area contributed by atoms with E-state index in [4.69, 9.17) is 0 Å². The van der Waals surface area contributed by atoms with E-state index >= 15 is 0 Å². The first-order valence-electron chi connectivity index (χ1n) is 8.17. The summed E-state index contributed by atoms with van der Waals surface area (Å²) in [4.78, 5) is 12.0. The van der Waals surface area contributed by atoms with Gasteiger partial charge in [0, 0.05) is 24.9 Å². The number of carbonyl (C=O) groups is 1. The molecule has 0 bridgehead atoms. The highest BCUT2D eigenvalue weighted by Gasteiger charge is 2.17. The van der Waals surface area contributed by atoms with Gasteiger partial charge in [-0.15, -0.1) is 0 Å². The zero-order valence-electron chi connectivity index (χ0n) is 14.4. The molecule has 1 rings (SSSR count). The van der Waals surface area contributed by atoms with Gasteiger partial charge in [0.05, 0.1) is 0 Å². The molecule has 0 spiro atoms. The first-order valence-corrected chi connectivity index (χ1v) is 8.17. The van der Waals surface area contributed by atoms with Crippen LogP contribution in [0.25, 0.3) is 0 Å². The minimum absolute atomic E-state index is 0.0253. The van der Waals surface area contributed by atoms with Gasteiger partial charge >= 0.3 is 0 Å². The van der Waals surface area contributed by atoms with E-state index in [1.54, 1.807) is 6.08 Å². The molecule has 0 atom stereocenters. The summed E-state index contributed by atoms with van der Waals surface area (Å²) in [6.07, 6.45) is 5.17. The molecule has 0 heterocycles. The summed E-state index contributed by atoms with van der Waals surface area (Å²) in [6.45, 7) is 9.97. The van der Waals surface area contributed by atoms with Crippen LogP contribution in [-0.2, 0) is 11.3 Å². The van der Waals surface area contributed by atoms with E-state index in [1.165, 1.54) is 18.4 Å². The molecule has 0 aliphatic carbocycles. The monoisotopic (exact) mass is 302 g/mol. The van der Waals surface area contributed by atoms with E-state index in [1.807, 2.05) is 25.1 Å². The van der Waals surface area contributed by atoms with Crippen molar-refractivity contribution in [3.05, 3.63) is 47.7 Å². The fourth-order valence-corrected chi connectivity index (χ4v) is 2.21. The third-order valence-electron chi connectivity index (χ3n) is 3.71. The fourth-order valence-electron chi connectivity index (χ4n) is 2.21. The smallest absolute Gasteiger partial charge is 0.245 e. The molecule has 0 saturated carbocycles. The lowest BCUT2D eigenvalue weighted by molar-refractivity contribution is -0.117.